The van der Waals surface area contributed by atoms with Crippen LogP contribution in [0.25, 0.3) is 0 Å². The summed E-state index contributed by atoms with van der Waals surface area (Å²) in [6.45, 7) is 2.69. The summed E-state index contributed by atoms with van der Waals surface area (Å²) in [6, 6.07) is 15.9. The van der Waals surface area contributed by atoms with Gasteiger partial charge in [0.15, 0.2) is 0 Å². The van der Waals surface area contributed by atoms with Crippen molar-refractivity contribution >= 4 is 28.5 Å². The van der Waals surface area contributed by atoms with E-state index < -0.39 is 0 Å². The van der Waals surface area contributed by atoms with Gasteiger partial charge in [-0.15, -0.1) is 0 Å². The minimum atomic E-state index is 0.0547. The second-order valence-electron chi connectivity index (χ2n) is 4.66. The van der Waals surface area contributed by atoms with Crippen LogP contribution < -0.4 is 0 Å². The second kappa shape index (κ2) is 6.19. The van der Waals surface area contributed by atoms with Crippen LogP contribution in [0.4, 0.5) is 0 Å². The third kappa shape index (κ3) is 3.80. The summed E-state index contributed by atoms with van der Waals surface area (Å²) >= 11 is 2.22. The summed E-state index contributed by atoms with van der Waals surface area (Å²) in [5, 5.41) is 0. The number of carbonyl (C=O) groups is 1. The molecule has 0 spiro atoms. The molecular weight excluding hydrogens is 349 g/mol. The number of hydrogen-bond donors (Lipinski definition) is 0. The lowest BCUT2D eigenvalue weighted by atomic mass is 10.1. The first kappa shape index (κ1) is 14.1. The summed E-state index contributed by atoms with van der Waals surface area (Å²) in [7, 11) is 1.84. The highest BCUT2D eigenvalue weighted by molar-refractivity contribution is 14.1. The van der Waals surface area contributed by atoms with Gasteiger partial charge in [0.05, 0.1) is 0 Å². The lowest BCUT2D eigenvalue weighted by molar-refractivity contribution is 0.0785. The SMILES string of the molecule is Cc1ccc(CN(C)C(=O)c2cccc(I)c2)cc1. The molecule has 0 heterocycles. The van der Waals surface area contributed by atoms with E-state index in [0.717, 1.165) is 14.7 Å². The smallest absolute Gasteiger partial charge is 0.253 e. The molecule has 0 unspecified atom stereocenters. The second-order valence-corrected chi connectivity index (χ2v) is 5.90. The molecule has 2 aromatic rings. The standard InChI is InChI=1S/C16H16INO/c1-12-6-8-13(9-7-12)11-18(2)16(19)14-4-3-5-15(17)10-14/h3-10H,11H2,1-2H3. The first-order valence-electron chi connectivity index (χ1n) is 6.13. The van der Waals surface area contributed by atoms with Crippen molar-refractivity contribution in [3.8, 4) is 0 Å². The molecule has 0 aliphatic heterocycles. The number of aryl methyl sites for hydroxylation is 1. The first-order chi connectivity index (χ1) is 9.06. The topological polar surface area (TPSA) is 20.3 Å². The van der Waals surface area contributed by atoms with E-state index >= 15 is 0 Å². The molecule has 0 saturated carbocycles. The molecule has 0 aromatic heterocycles. The first-order valence-corrected chi connectivity index (χ1v) is 7.21. The minimum Gasteiger partial charge on any atom is -0.337 e. The quantitative estimate of drug-likeness (QED) is 0.757. The van der Waals surface area contributed by atoms with Crippen molar-refractivity contribution in [3.63, 3.8) is 0 Å². The van der Waals surface area contributed by atoms with Gasteiger partial charge in [0.2, 0.25) is 0 Å². The van der Waals surface area contributed by atoms with Crippen LogP contribution in [0.3, 0.4) is 0 Å². The third-order valence-electron chi connectivity index (χ3n) is 2.96. The highest BCUT2D eigenvalue weighted by atomic mass is 127. The molecule has 0 atom stereocenters. The van der Waals surface area contributed by atoms with Gasteiger partial charge in [0.1, 0.15) is 0 Å². The van der Waals surface area contributed by atoms with Gasteiger partial charge in [-0.1, -0.05) is 35.9 Å². The largest absolute Gasteiger partial charge is 0.337 e. The van der Waals surface area contributed by atoms with Crippen molar-refractivity contribution in [2.24, 2.45) is 0 Å². The molecule has 0 bridgehead atoms. The van der Waals surface area contributed by atoms with Gasteiger partial charge in [-0.25, -0.2) is 0 Å². The minimum absolute atomic E-state index is 0.0547. The Morgan fingerprint density at radius 2 is 1.84 bits per heavy atom. The monoisotopic (exact) mass is 365 g/mol. The van der Waals surface area contributed by atoms with Crippen LogP contribution in [0.1, 0.15) is 21.5 Å². The predicted molar refractivity (Wildman–Crippen MR) is 86.1 cm³/mol. The summed E-state index contributed by atoms with van der Waals surface area (Å²) in [6.07, 6.45) is 0. The molecule has 2 rings (SSSR count). The lowest BCUT2D eigenvalue weighted by Gasteiger charge is -2.17. The zero-order valence-electron chi connectivity index (χ0n) is 11.1. The van der Waals surface area contributed by atoms with Crippen LogP contribution in [0, 0.1) is 10.5 Å². The molecule has 2 nitrogen and oxygen atoms in total. The van der Waals surface area contributed by atoms with Gasteiger partial charge in [-0.3, -0.25) is 4.79 Å². The Kier molecular flexibility index (Phi) is 4.58. The number of rotatable bonds is 3. The van der Waals surface area contributed by atoms with Gasteiger partial charge in [0, 0.05) is 22.7 Å². The molecule has 0 radical (unpaired) electrons. The average Bonchev–Trinajstić information content (AvgIpc) is 2.40. The molecule has 3 heteroatoms. The van der Waals surface area contributed by atoms with Gasteiger partial charge in [-0.05, 0) is 53.3 Å². The van der Waals surface area contributed by atoms with Crippen molar-refractivity contribution in [3.05, 3.63) is 68.8 Å². The van der Waals surface area contributed by atoms with Crippen molar-refractivity contribution < 1.29 is 4.79 Å². The molecule has 0 aliphatic carbocycles. The van der Waals surface area contributed by atoms with Gasteiger partial charge < -0.3 is 4.90 Å². The van der Waals surface area contributed by atoms with Crippen molar-refractivity contribution in [2.75, 3.05) is 7.05 Å². The van der Waals surface area contributed by atoms with Crippen LogP contribution in [0.15, 0.2) is 48.5 Å². The van der Waals surface area contributed by atoms with Crippen molar-refractivity contribution in [1.29, 1.82) is 0 Å². The highest BCUT2D eigenvalue weighted by Crippen LogP contribution is 2.12. The van der Waals surface area contributed by atoms with Crippen LogP contribution in [-0.2, 0) is 6.54 Å². The third-order valence-corrected chi connectivity index (χ3v) is 3.63. The Labute approximate surface area is 127 Å². The Morgan fingerprint density at radius 3 is 2.47 bits per heavy atom. The van der Waals surface area contributed by atoms with E-state index in [1.54, 1.807) is 4.90 Å². The number of nitrogens with zero attached hydrogens (tertiary/aromatic N) is 1. The van der Waals surface area contributed by atoms with Crippen molar-refractivity contribution in [1.82, 2.24) is 4.90 Å². The molecule has 2 aromatic carbocycles. The van der Waals surface area contributed by atoms with Crippen molar-refractivity contribution in [2.45, 2.75) is 13.5 Å². The molecule has 0 aliphatic rings. The Morgan fingerprint density at radius 1 is 1.16 bits per heavy atom. The molecule has 0 N–H and O–H groups in total. The predicted octanol–water partition coefficient (Wildman–Crippen LogP) is 3.87. The van der Waals surface area contributed by atoms with Crippen LogP contribution >= 0.6 is 22.6 Å². The number of halogens is 1. The van der Waals surface area contributed by atoms with E-state index in [9.17, 15) is 4.79 Å². The van der Waals surface area contributed by atoms with E-state index in [0.29, 0.717) is 6.54 Å². The van der Waals surface area contributed by atoms with E-state index in [1.165, 1.54) is 5.56 Å². The average molecular weight is 365 g/mol. The highest BCUT2D eigenvalue weighted by Gasteiger charge is 2.11. The zero-order valence-corrected chi connectivity index (χ0v) is 13.2. The number of hydrogen-bond acceptors (Lipinski definition) is 1. The number of amides is 1. The lowest BCUT2D eigenvalue weighted by Crippen LogP contribution is -2.26. The van der Waals surface area contributed by atoms with Crippen LogP contribution in [0.2, 0.25) is 0 Å². The molecule has 19 heavy (non-hydrogen) atoms. The van der Waals surface area contributed by atoms with Crippen LogP contribution in [0.5, 0.6) is 0 Å². The fourth-order valence-corrected chi connectivity index (χ4v) is 2.42. The maximum atomic E-state index is 12.3. The fraction of sp³-hybridized carbons (Fsp3) is 0.188. The maximum absolute atomic E-state index is 12.3. The summed E-state index contributed by atoms with van der Waals surface area (Å²) in [5.41, 5.74) is 3.11. The van der Waals surface area contributed by atoms with E-state index in [1.807, 2.05) is 31.3 Å². The maximum Gasteiger partial charge on any atom is 0.253 e. The normalized spacial score (nSPS) is 10.3. The molecular formula is C16H16INO. The summed E-state index contributed by atoms with van der Waals surface area (Å²) < 4.78 is 1.08. The summed E-state index contributed by atoms with van der Waals surface area (Å²) in [5.74, 6) is 0.0547. The molecule has 98 valence electrons. The van der Waals surface area contributed by atoms with Gasteiger partial charge in [-0.2, -0.15) is 0 Å². The Balaban J connectivity index is 2.09. The van der Waals surface area contributed by atoms with Gasteiger partial charge >= 0.3 is 0 Å². The molecule has 0 fully saturated rings. The van der Waals surface area contributed by atoms with E-state index in [4.69, 9.17) is 0 Å². The number of carbonyl (C=O) groups excluding carboxylic acids is 1. The molecule has 1 amide bonds. The van der Waals surface area contributed by atoms with E-state index in [-0.39, 0.29) is 5.91 Å². The number of benzene rings is 2. The molecule has 0 saturated heterocycles. The zero-order chi connectivity index (χ0) is 13.8. The van der Waals surface area contributed by atoms with E-state index in [2.05, 4.69) is 53.8 Å². The van der Waals surface area contributed by atoms with Gasteiger partial charge in [0.25, 0.3) is 5.91 Å². The van der Waals surface area contributed by atoms with Crippen LogP contribution in [-0.4, -0.2) is 17.9 Å². The Bertz CT molecular complexity index is 578. The Hall–Kier alpha value is -1.36. The fourth-order valence-electron chi connectivity index (χ4n) is 1.88. The summed E-state index contributed by atoms with van der Waals surface area (Å²) in [4.78, 5) is 14.0.